The molecule has 0 saturated carbocycles. The van der Waals surface area contributed by atoms with Gasteiger partial charge in [0.1, 0.15) is 6.33 Å². The maximum atomic E-state index is 12.4. The molecule has 1 saturated heterocycles. The second-order valence-corrected chi connectivity index (χ2v) is 5.05. The first-order valence-corrected chi connectivity index (χ1v) is 6.32. The zero-order valence-corrected chi connectivity index (χ0v) is 11.0. The molecule has 0 spiro atoms. The van der Waals surface area contributed by atoms with Gasteiger partial charge in [-0.3, -0.25) is 9.59 Å². The Morgan fingerprint density at radius 3 is 2.79 bits per heavy atom. The van der Waals surface area contributed by atoms with Gasteiger partial charge < -0.3 is 10.0 Å². The maximum Gasteiger partial charge on any atom is 0.308 e. The zero-order valence-electron chi connectivity index (χ0n) is 11.0. The largest absolute Gasteiger partial charge is 0.481 e. The van der Waals surface area contributed by atoms with E-state index in [1.54, 1.807) is 4.90 Å². The summed E-state index contributed by atoms with van der Waals surface area (Å²) in [7, 11) is 0. The first-order valence-electron chi connectivity index (χ1n) is 6.32. The molecule has 0 aliphatic carbocycles. The molecule has 1 N–H and O–H groups in total. The molecule has 1 fully saturated rings. The Balaban J connectivity index is 2.19. The number of hydrogen-bond donors (Lipinski definition) is 1. The van der Waals surface area contributed by atoms with Crippen molar-refractivity contribution in [2.24, 2.45) is 5.92 Å². The van der Waals surface area contributed by atoms with Crippen molar-refractivity contribution in [1.82, 2.24) is 14.9 Å². The van der Waals surface area contributed by atoms with E-state index in [0.717, 1.165) is 0 Å². The molecule has 2 heterocycles. The molecule has 2 rings (SSSR count). The van der Waals surface area contributed by atoms with Crippen molar-refractivity contribution < 1.29 is 14.7 Å². The minimum Gasteiger partial charge on any atom is -0.481 e. The number of rotatable bonds is 3. The van der Waals surface area contributed by atoms with Crippen LogP contribution >= 0.6 is 0 Å². The Bertz CT molecular complexity index is 502. The lowest BCUT2D eigenvalue weighted by Gasteiger charge is -2.18. The van der Waals surface area contributed by atoms with Gasteiger partial charge in [-0.15, -0.1) is 0 Å². The minimum atomic E-state index is -0.844. The number of hydrogen-bond acceptors (Lipinski definition) is 4. The van der Waals surface area contributed by atoms with Gasteiger partial charge in [-0.2, -0.15) is 0 Å². The van der Waals surface area contributed by atoms with Gasteiger partial charge in [0.25, 0.3) is 5.91 Å². The third-order valence-electron chi connectivity index (χ3n) is 3.35. The highest BCUT2D eigenvalue weighted by atomic mass is 16.4. The molecule has 1 aliphatic heterocycles. The van der Waals surface area contributed by atoms with Crippen LogP contribution in [0.3, 0.4) is 0 Å². The summed E-state index contributed by atoms with van der Waals surface area (Å²) in [5, 5.41) is 8.96. The summed E-state index contributed by atoms with van der Waals surface area (Å²) < 4.78 is 0. The fraction of sp³-hybridized carbons (Fsp3) is 0.538. The summed E-state index contributed by atoms with van der Waals surface area (Å²) in [6.45, 7) is 4.66. The third kappa shape index (κ3) is 2.72. The second-order valence-electron chi connectivity index (χ2n) is 5.05. The molecule has 1 aliphatic rings. The molecular formula is C13H17N3O3. The van der Waals surface area contributed by atoms with Crippen LogP contribution in [0.2, 0.25) is 0 Å². The fourth-order valence-corrected chi connectivity index (χ4v) is 2.28. The van der Waals surface area contributed by atoms with E-state index in [9.17, 15) is 9.59 Å². The highest BCUT2D eigenvalue weighted by Gasteiger charge is 2.32. The Morgan fingerprint density at radius 1 is 1.47 bits per heavy atom. The number of carbonyl (C=O) groups is 2. The predicted octanol–water partition coefficient (Wildman–Crippen LogP) is 1.15. The Morgan fingerprint density at radius 2 is 2.21 bits per heavy atom. The summed E-state index contributed by atoms with van der Waals surface area (Å²) in [5.41, 5.74) is 1.18. The van der Waals surface area contributed by atoms with E-state index in [1.807, 2.05) is 13.8 Å². The maximum absolute atomic E-state index is 12.4. The molecule has 19 heavy (non-hydrogen) atoms. The Labute approximate surface area is 111 Å². The molecule has 102 valence electrons. The first kappa shape index (κ1) is 13.5. The Kier molecular flexibility index (Phi) is 3.78. The third-order valence-corrected chi connectivity index (χ3v) is 3.35. The quantitative estimate of drug-likeness (QED) is 0.884. The summed E-state index contributed by atoms with van der Waals surface area (Å²) in [6.07, 6.45) is 3.45. The van der Waals surface area contributed by atoms with Crippen molar-refractivity contribution in [3.05, 3.63) is 23.8 Å². The van der Waals surface area contributed by atoms with E-state index in [1.165, 1.54) is 12.5 Å². The van der Waals surface area contributed by atoms with Gasteiger partial charge in [-0.05, 0) is 12.3 Å². The standard InChI is InChI=1S/C13H17N3O3/c1-8(2)11-10(5-14-7-15-11)12(17)16-4-3-9(6-16)13(18)19/h5,7-9H,3-4,6H2,1-2H3,(H,18,19). The molecule has 0 aromatic carbocycles. The molecule has 1 atom stereocenters. The van der Waals surface area contributed by atoms with Gasteiger partial charge in [-0.25, -0.2) is 9.97 Å². The van der Waals surface area contributed by atoms with Crippen molar-refractivity contribution >= 4 is 11.9 Å². The van der Waals surface area contributed by atoms with Gasteiger partial charge in [0.15, 0.2) is 0 Å². The molecule has 6 nitrogen and oxygen atoms in total. The van der Waals surface area contributed by atoms with E-state index < -0.39 is 11.9 Å². The van der Waals surface area contributed by atoms with Crippen LogP contribution in [0, 0.1) is 5.92 Å². The average Bonchev–Trinajstić information content (AvgIpc) is 2.87. The van der Waals surface area contributed by atoms with Crippen LogP contribution in [0.4, 0.5) is 0 Å². The number of aromatic nitrogens is 2. The zero-order chi connectivity index (χ0) is 14.0. The van der Waals surface area contributed by atoms with Crippen LogP contribution in [-0.4, -0.2) is 44.9 Å². The topological polar surface area (TPSA) is 83.4 Å². The first-order chi connectivity index (χ1) is 9.00. The van der Waals surface area contributed by atoms with Gasteiger partial charge in [0, 0.05) is 19.3 Å². The van der Waals surface area contributed by atoms with Crippen molar-refractivity contribution in [2.45, 2.75) is 26.2 Å². The number of amides is 1. The number of carboxylic acid groups (broad SMARTS) is 1. The van der Waals surface area contributed by atoms with Crippen molar-refractivity contribution in [2.75, 3.05) is 13.1 Å². The molecule has 1 amide bonds. The molecule has 1 aromatic heterocycles. The van der Waals surface area contributed by atoms with Crippen LogP contribution in [0.25, 0.3) is 0 Å². The van der Waals surface area contributed by atoms with E-state index in [4.69, 9.17) is 5.11 Å². The molecular weight excluding hydrogens is 246 g/mol. The van der Waals surface area contributed by atoms with Crippen LogP contribution < -0.4 is 0 Å². The number of likely N-dealkylation sites (tertiary alicyclic amines) is 1. The van der Waals surface area contributed by atoms with Gasteiger partial charge in [0.05, 0.1) is 17.2 Å². The smallest absolute Gasteiger partial charge is 0.308 e. The highest BCUT2D eigenvalue weighted by Crippen LogP contribution is 2.22. The Hall–Kier alpha value is -1.98. The van der Waals surface area contributed by atoms with Crippen LogP contribution in [-0.2, 0) is 4.79 Å². The van der Waals surface area contributed by atoms with Crippen LogP contribution in [0.1, 0.15) is 42.2 Å². The van der Waals surface area contributed by atoms with E-state index in [2.05, 4.69) is 9.97 Å². The highest BCUT2D eigenvalue weighted by molar-refractivity contribution is 5.95. The van der Waals surface area contributed by atoms with Gasteiger partial charge in [-0.1, -0.05) is 13.8 Å². The molecule has 1 aromatic rings. The normalized spacial score (nSPS) is 18.9. The van der Waals surface area contributed by atoms with E-state index >= 15 is 0 Å². The lowest BCUT2D eigenvalue weighted by atomic mass is 10.0. The molecule has 1 unspecified atom stereocenters. The predicted molar refractivity (Wildman–Crippen MR) is 67.8 cm³/mol. The summed E-state index contributed by atoms with van der Waals surface area (Å²) in [4.78, 5) is 32.9. The van der Waals surface area contributed by atoms with Crippen LogP contribution in [0.15, 0.2) is 12.5 Å². The monoisotopic (exact) mass is 263 g/mol. The van der Waals surface area contributed by atoms with Crippen molar-refractivity contribution in [3.8, 4) is 0 Å². The number of nitrogens with zero attached hydrogens (tertiary/aromatic N) is 3. The number of carbonyl (C=O) groups excluding carboxylic acids is 1. The summed E-state index contributed by atoms with van der Waals surface area (Å²) in [5.74, 6) is -1.35. The molecule has 6 heteroatoms. The lowest BCUT2D eigenvalue weighted by Crippen LogP contribution is -2.31. The minimum absolute atomic E-state index is 0.125. The molecule has 0 radical (unpaired) electrons. The lowest BCUT2D eigenvalue weighted by molar-refractivity contribution is -0.141. The van der Waals surface area contributed by atoms with Gasteiger partial charge >= 0.3 is 5.97 Å². The van der Waals surface area contributed by atoms with E-state index in [0.29, 0.717) is 24.2 Å². The van der Waals surface area contributed by atoms with E-state index in [-0.39, 0.29) is 18.4 Å². The average molecular weight is 263 g/mol. The number of carboxylic acids is 1. The second kappa shape index (κ2) is 5.34. The fourth-order valence-electron chi connectivity index (χ4n) is 2.28. The van der Waals surface area contributed by atoms with Crippen molar-refractivity contribution in [3.63, 3.8) is 0 Å². The molecule has 0 bridgehead atoms. The summed E-state index contributed by atoms with van der Waals surface area (Å²) >= 11 is 0. The summed E-state index contributed by atoms with van der Waals surface area (Å²) in [6, 6.07) is 0. The SMILES string of the molecule is CC(C)c1ncncc1C(=O)N1CCC(C(=O)O)C1. The van der Waals surface area contributed by atoms with Gasteiger partial charge in [0.2, 0.25) is 0 Å². The van der Waals surface area contributed by atoms with Crippen molar-refractivity contribution in [1.29, 1.82) is 0 Å². The number of aliphatic carboxylic acids is 1. The van der Waals surface area contributed by atoms with Crippen LogP contribution in [0.5, 0.6) is 0 Å².